The van der Waals surface area contributed by atoms with Crippen molar-refractivity contribution in [3.63, 3.8) is 0 Å². The highest BCUT2D eigenvalue weighted by atomic mass is 16.3. The number of amidine groups is 2. The van der Waals surface area contributed by atoms with Crippen molar-refractivity contribution in [3.8, 4) is 0 Å². The average Bonchev–Trinajstić information content (AvgIpc) is 1.02. The molecule has 37 heteroatoms. The number of aliphatic hydroxyl groups excluding tert-OH is 2. The Morgan fingerprint density at radius 3 is 0.856 bits per heavy atom. The number of aliphatic hydroxyl groups is 2. The standard InChI is InChI=1S/C53H55N20.C40H48N15O2.2CH4/c1-37-27-28-67(2)48(37)64-61-46-23-25-47(26-24-46)72-33-35-73(36-34-72)51-59-49(56-42-11-7-38(8-12-42)54-40-15-19-44(20-16-40)62-65-52-68(3)29-30-69(52)4)58-50(60-51)57-43-13-9-39(10-14-43)55-41-17-21-45(22-18-41)63-66-53-70(5)31-32-71(53)6;1-29-17-18-50(2)36(29)48-46-34-13-15-35(16-14-34)53-21-23-54(24-22-53)38-43-37(44-39(45-38)55(25-27-56)26-28-57)42-32-7-5-30(6-8-32)41-31-9-11-33(12-10-31)47-49-40-51(3)19-20-52(40)4;;/h7-32,37H,33-36H2,1-6H3,(H2,56,57,58,59,60,62,63);5-20,29,56-57H,21-28H2,1-4H3,(H,42,43,44,45,47);2*1H4/q2*+1;;/p+3. The summed E-state index contributed by atoms with van der Waals surface area (Å²) in [6.45, 7) is 10.5. The van der Waals surface area contributed by atoms with Crippen LogP contribution in [0.2, 0.25) is 0 Å². The van der Waals surface area contributed by atoms with Gasteiger partial charge in [0.05, 0.1) is 141 Å². The number of aromatic nitrogens is 12. The maximum Gasteiger partial charge on any atom is 0.421 e. The molecule has 0 bridgehead atoms. The fraction of sp³-hybridized carbons (Fsp3) is 0.274. The number of aryl methyl sites for hydroxylation is 6. The van der Waals surface area contributed by atoms with E-state index in [2.05, 4.69) is 153 Å². The zero-order valence-electron chi connectivity index (χ0n) is 74.3. The minimum atomic E-state index is -0.108. The van der Waals surface area contributed by atoms with Crippen molar-refractivity contribution in [1.82, 2.24) is 43.6 Å². The van der Waals surface area contributed by atoms with Gasteiger partial charge in [-0.05, 0) is 230 Å². The van der Waals surface area contributed by atoms with Gasteiger partial charge < -0.3 is 66.6 Å². The number of benzene rings is 8. The van der Waals surface area contributed by atoms with E-state index < -0.39 is 0 Å². The molecule has 0 aliphatic carbocycles. The third kappa shape index (κ3) is 23.6. The molecule has 8 aromatic carbocycles. The Morgan fingerprint density at radius 2 is 0.583 bits per heavy atom. The highest BCUT2D eigenvalue weighted by Crippen LogP contribution is 2.33. The van der Waals surface area contributed by atoms with Gasteiger partial charge in [-0.15, -0.1) is 0 Å². The number of nitrogens with zero attached hydrogens (tertiary/aromatic N) is 29. The van der Waals surface area contributed by atoms with E-state index in [1.54, 1.807) is 4.90 Å². The van der Waals surface area contributed by atoms with Crippen LogP contribution in [0.3, 0.4) is 0 Å². The van der Waals surface area contributed by atoms with Gasteiger partial charge in [-0.1, -0.05) is 30.2 Å². The summed E-state index contributed by atoms with van der Waals surface area (Å²) in [4.78, 5) is 39.8. The molecule has 2 unspecified atom stereocenters. The topological polar surface area (TPSA) is 362 Å². The van der Waals surface area contributed by atoms with Crippen LogP contribution in [-0.4, -0.2) is 167 Å². The number of hydrogen-bond donors (Lipinski definition) is 8. The molecule has 0 amide bonds. The smallest absolute Gasteiger partial charge is 0.395 e. The lowest BCUT2D eigenvalue weighted by molar-refractivity contribution is -0.657. The monoisotopic (exact) mass is 1780 g/mol. The first kappa shape index (κ1) is 92.1. The van der Waals surface area contributed by atoms with Gasteiger partial charge in [-0.25, -0.2) is 36.6 Å². The molecule has 8 N–H and O–H groups in total. The van der Waals surface area contributed by atoms with Gasteiger partial charge in [0.1, 0.15) is 28.4 Å². The van der Waals surface area contributed by atoms with Crippen LogP contribution < -0.4 is 70.1 Å². The van der Waals surface area contributed by atoms with E-state index in [0.717, 1.165) is 147 Å². The molecule has 0 spiro atoms. The van der Waals surface area contributed by atoms with Crippen LogP contribution in [0.5, 0.6) is 0 Å². The Balaban J connectivity index is 0.000000216. The van der Waals surface area contributed by atoms with Crippen LogP contribution in [0.1, 0.15) is 28.7 Å². The molecule has 9 heterocycles. The SMILES string of the molecule is C.C.CC1C=C[N+](C)=C1N=Nc1ccc(N2CCN(c3nc(Nc4ccc(Nc5ccc(N=Nc6n(C)cc[n+]6C)cc5)cc4)nc(N(CCO)CCO)n3)CC2)cc1.CC1C=C[N+](C)=C1N=Nc1ccc(N2CCN(c3nc(Nc4ccc(Nc5ccc(N=Nc6n(C)cc[n+]6C)cc5)cc4)nc(Nc4ccc(Nc5ccc(N=Nc6n(C)cc[n+]6C)cc5)cc4)n3)CC2)cc1. The van der Waals surface area contributed by atoms with E-state index in [1.165, 1.54) is 0 Å². The Labute approximate surface area is 767 Å². The van der Waals surface area contributed by atoms with Gasteiger partial charge >= 0.3 is 29.5 Å². The van der Waals surface area contributed by atoms with Gasteiger partial charge in [0.2, 0.25) is 35.7 Å². The van der Waals surface area contributed by atoms with Crippen molar-refractivity contribution in [2.45, 2.75) is 28.7 Å². The minimum Gasteiger partial charge on any atom is -0.395 e. The molecule has 17 rings (SSSR count). The van der Waals surface area contributed by atoms with Gasteiger partial charge in [-0.2, -0.15) is 29.9 Å². The Hall–Kier alpha value is -16.1. The summed E-state index contributed by atoms with van der Waals surface area (Å²) in [5.41, 5.74) is 14.1. The zero-order valence-corrected chi connectivity index (χ0v) is 74.3. The van der Waals surface area contributed by atoms with E-state index in [-0.39, 0.29) is 53.0 Å². The van der Waals surface area contributed by atoms with Crippen molar-refractivity contribution in [2.24, 2.45) is 105 Å². The number of anilines is 17. The quantitative estimate of drug-likeness (QED) is 0.0159. The lowest BCUT2D eigenvalue weighted by atomic mass is 10.2. The number of imidazole rings is 3. The van der Waals surface area contributed by atoms with Crippen molar-refractivity contribution < 1.29 is 33.1 Å². The molecule has 0 saturated carbocycles. The third-order valence-corrected chi connectivity index (χ3v) is 22.2. The molecule has 4 aliphatic rings. The zero-order chi connectivity index (χ0) is 90.0. The summed E-state index contributed by atoms with van der Waals surface area (Å²) in [5.74, 6) is 7.28. The lowest BCUT2D eigenvalue weighted by Crippen LogP contribution is -2.47. The summed E-state index contributed by atoms with van der Waals surface area (Å²) in [5, 5.41) is 84.4. The van der Waals surface area contributed by atoms with E-state index in [4.69, 9.17) is 29.9 Å². The van der Waals surface area contributed by atoms with Crippen LogP contribution in [0.4, 0.5) is 145 Å². The maximum absolute atomic E-state index is 9.77. The normalized spacial score (nSPS) is 15.0. The van der Waals surface area contributed by atoms with Gasteiger partial charge in [0.25, 0.3) is 0 Å². The Bertz CT molecular complexity index is 6120. The number of hydrogen-bond acceptors (Lipinski definition) is 29. The van der Waals surface area contributed by atoms with Crippen molar-refractivity contribution in [3.05, 3.63) is 256 Å². The van der Waals surface area contributed by atoms with Crippen LogP contribution in [0.25, 0.3) is 0 Å². The Morgan fingerprint density at radius 1 is 0.326 bits per heavy atom. The largest absolute Gasteiger partial charge is 0.421 e. The molecule has 13 aromatic rings. The van der Waals surface area contributed by atoms with Crippen LogP contribution in [0, 0.1) is 11.8 Å². The number of piperazine rings is 2. The highest BCUT2D eigenvalue weighted by Gasteiger charge is 2.28. The predicted molar refractivity (Wildman–Crippen MR) is 520 cm³/mol. The van der Waals surface area contributed by atoms with Crippen LogP contribution in [-0.2, 0) is 42.3 Å². The summed E-state index contributed by atoms with van der Waals surface area (Å²) < 4.78 is 15.5. The molecule has 37 nitrogen and oxygen atoms in total. The second-order valence-electron chi connectivity index (χ2n) is 31.7. The second kappa shape index (κ2) is 43.2. The molecule has 132 heavy (non-hydrogen) atoms. The highest BCUT2D eigenvalue weighted by molar-refractivity contribution is 5.84. The summed E-state index contributed by atoms with van der Waals surface area (Å²) >= 11 is 0. The molecule has 4 aliphatic heterocycles. The lowest BCUT2D eigenvalue weighted by Gasteiger charge is -2.36. The first-order valence-corrected chi connectivity index (χ1v) is 42.9. The first-order valence-electron chi connectivity index (χ1n) is 42.9. The molecule has 0 radical (unpaired) electrons. The molecule has 2 atom stereocenters. The summed E-state index contributed by atoms with van der Waals surface area (Å²) in [7, 11) is 15.6. The first-order chi connectivity index (χ1) is 63.3. The van der Waals surface area contributed by atoms with E-state index in [9.17, 15) is 10.2 Å². The maximum atomic E-state index is 9.77. The molecule has 2 saturated heterocycles. The summed E-state index contributed by atoms with van der Waals surface area (Å²) in [6, 6.07) is 63.6. The fourth-order valence-electron chi connectivity index (χ4n) is 14.8. The van der Waals surface area contributed by atoms with Crippen molar-refractivity contribution in [2.75, 3.05) is 149 Å². The van der Waals surface area contributed by atoms with Crippen molar-refractivity contribution in [1.29, 1.82) is 0 Å². The van der Waals surface area contributed by atoms with E-state index in [1.807, 2.05) is 312 Å². The van der Waals surface area contributed by atoms with E-state index >= 15 is 0 Å². The number of nitrogens with one attached hydrogen (secondary N) is 6. The molecular formula is C95H114N35O2+5. The minimum absolute atomic E-state index is 0. The third-order valence-electron chi connectivity index (χ3n) is 22.2. The van der Waals surface area contributed by atoms with E-state index in [0.29, 0.717) is 61.9 Å². The van der Waals surface area contributed by atoms with Crippen molar-refractivity contribution >= 4 is 156 Å². The summed E-state index contributed by atoms with van der Waals surface area (Å²) in [6.07, 6.45) is 19.9. The van der Waals surface area contributed by atoms with Gasteiger partial charge in [0, 0.05) is 143 Å². The number of azo groups is 5. The molecule has 5 aromatic heterocycles. The molecular weight excluding hydrogens is 1660 g/mol. The molecule has 2 fully saturated rings. The predicted octanol–water partition coefficient (Wildman–Crippen LogP) is 17.2. The molecule has 676 valence electrons. The second-order valence-corrected chi connectivity index (χ2v) is 31.7. The van der Waals surface area contributed by atoms with Crippen LogP contribution in [0.15, 0.2) is 307 Å². The number of rotatable bonds is 29. The average molecular weight is 1780 g/mol. The van der Waals surface area contributed by atoms with Gasteiger partial charge in [0.15, 0.2) is 0 Å². The Kier molecular flexibility index (Phi) is 30.1. The van der Waals surface area contributed by atoms with Gasteiger partial charge in [-0.3, -0.25) is 0 Å². The fourth-order valence-corrected chi connectivity index (χ4v) is 14.8. The van der Waals surface area contributed by atoms with Crippen LogP contribution >= 0.6 is 0 Å².